The monoisotopic (exact) mass is 337 g/mol. The lowest BCUT2D eigenvalue weighted by atomic mass is 10.1. The molecule has 0 aliphatic rings. The molecule has 0 aliphatic carbocycles. The maximum Gasteiger partial charge on any atom is 0.251 e. The van der Waals surface area contributed by atoms with E-state index < -0.39 is 0 Å². The quantitative estimate of drug-likeness (QED) is 0.749. The third-order valence-electron chi connectivity index (χ3n) is 3.73. The van der Waals surface area contributed by atoms with Gasteiger partial charge in [0.2, 0.25) is 5.91 Å². The first-order valence-corrected chi connectivity index (χ1v) is 8.03. The molecule has 0 spiro atoms. The number of benzene rings is 2. The van der Waals surface area contributed by atoms with Gasteiger partial charge in [-0.1, -0.05) is 6.07 Å². The van der Waals surface area contributed by atoms with Crippen LogP contribution in [0.15, 0.2) is 46.9 Å². The van der Waals surface area contributed by atoms with Crippen molar-refractivity contribution in [1.82, 2.24) is 10.3 Å². The summed E-state index contributed by atoms with van der Waals surface area (Å²) in [6.45, 7) is 3.78. The second-order valence-electron chi connectivity index (χ2n) is 5.80. The SMILES string of the molecule is CC(=O)Nc1ccc(C(=O)NCCc2ccc3nc(C)oc3c2)cc1. The first kappa shape index (κ1) is 16.7. The lowest BCUT2D eigenvalue weighted by molar-refractivity contribution is -0.114. The molecule has 0 aliphatic heterocycles. The van der Waals surface area contributed by atoms with E-state index in [4.69, 9.17) is 4.42 Å². The summed E-state index contributed by atoms with van der Waals surface area (Å²) >= 11 is 0. The van der Waals surface area contributed by atoms with E-state index in [1.807, 2.05) is 25.1 Å². The van der Waals surface area contributed by atoms with Crippen molar-refractivity contribution in [2.45, 2.75) is 20.3 Å². The average molecular weight is 337 g/mol. The van der Waals surface area contributed by atoms with Gasteiger partial charge in [0.05, 0.1) is 0 Å². The molecule has 6 nitrogen and oxygen atoms in total. The summed E-state index contributed by atoms with van der Waals surface area (Å²) in [6.07, 6.45) is 0.700. The van der Waals surface area contributed by atoms with Gasteiger partial charge < -0.3 is 15.1 Å². The largest absolute Gasteiger partial charge is 0.441 e. The fraction of sp³-hybridized carbons (Fsp3) is 0.211. The molecule has 1 heterocycles. The van der Waals surface area contributed by atoms with Crippen LogP contribution in [-0.4, -0.2) is 23.3 Å². The van der Waals surface area contributed by atoms with Crippen LogP contribution in [0.3, 0.4) is 0 Å². The smallest absolute Gasteiger partial charge is 0.251 e. The minimum atomic E-state index is -0.147. The van der Waals surface area contributed by atoms with Crippen molar-refractivity contribution in [3.05, 3.63) is 59.5 Å². The van der Waals surface area contributed by atoms with Crippen LogP contribution in [0.4, 0.5) is 5.69 Å². The topological polar surface area (TPSA) is 84.2 Å². The van der Waals surface area contributed by atoms with Crippen molar-refractivity contribution in [3.63, 3.8) is 0 Å². The molecule has 0 unspecified atom stereocenters. The number of hydrogen-bond donors (Lipinski definition) is 2. The molecule has 2 aromatic carbocycles. The average Bonchev–Trinajstić information content (AvgIpc) is 2.94. The van der Waals surface area contributed by atoms with Crippen molar-refractivity contribution >= 4 is 28.6 Å². The van der Waals surface area contributed by atoms with Gasteiger partial charge in [0.25, 0.3) is 5.91 Å². The van der Waals surface area contributed by atoms with E-state index in [0.29, 0.717) is 30.1 Å². The maximum absolute atomic E-state index is 12.2. The predicted molar refractivity (Wildman–Crippen MR) is 95.5 cm³/mol. The highest BCUT2D eigenvalue weighted by molar-refractivity contribution is 5.95. The number of amides is 2. The number of oxazole rings is 1. The molecule has 3 rings (SSSR count). The van der Waals surface area contributed by atoms with Crippen LogP contribution < -0.4 is 10.6 Å². The highest BCUT2D eigenvalue weighted by Gasteiger charge is 2.07. The van der Waals surface area contributed by atoms with Crippen molar-refractivity contribution in [1.29, 1.82) is 0 Å². The van der Waals surface area contributed by atoms with E-state index in [1.165, 1.54) is 6.92 Å². The highest BCUT2D eigenvalue weighted by atomic mass is 16.3. The number of nitrogens with one attached hydrogen (secondary N) is 2. The van der Waals surface area contributed by atoms with Gasteiger partial charge in [-0.05, 0) is 48.4 Å². The Kier molecular flexibility index (Phi) is 4.79. The van der Waals surface area contributed by atoms with Crippen LogP contribution in [0.25, 0.3) is 11.1 Å². The lowest BCUT2D eigenvalue weighted by Crippen LogP contribution is -2.25. The number of aryl methyl sites for hydroxylation is 1. The minimum Gasteiger partial charge on any atom is -0.441 e. The Balaban J connectivity index is 1.55. The van der Waals surface area contributed by atoms with Crippen LogP contribution in [0, 0.1) is 6.92 Å². The number of carbonyl (C=O) groups is 2. The Morgan fingerprint density at radius 2 is 1.88 bits per heavy atom. The molecule has 0 radical (unpaired) electrons. The van der Waals surface area contributed by atoms with Crippen molar-refractivity contribution < 1.29 is 14.0 Å². The van der Waals surface area contributed by atoms with E-state index in [-0.39, 0.29) is 11.8 Å². The van der Waals surface area contributed by atoms with Crippen molar-refractivity contribution in [2.75, 3.05) is 11.9 Å². The molecule has 2 N–H and O–H groups in total. The summed E-state index contributed by atoms with van der Waals surface area (Å²) in [6, 6.07) is 12.6. The van der Waals surface area contributed by atoms with E-state index in [1.54, 1.807) is 24.3 Å². The molecule has 128 valence electrons. The lowest BCUT2D eigenvalue weighted by Gasteiger charge is -2.07. The zero-order chi connectivity index (χ0) is 17.8. The number of nitrogens with zero attached hydrogens (tertiary/aromatic N) is 1. The molecule has 0 fully saturated rings. The fourth-order valence-electron chi connectivity index (χ4n) is 2.57. The fourth-order valence-corrected chi connectivity index (χ4v) is 2.57. The molecule has 0 bridgehead atoms. The Morgan fingerprint density at radius 1 is 1.12 bits per heavy atom. The Morgan fingerprint density at radius 3 is 2.60 bits per heavy atom. The third-order valence-corrected chi connectivity index (χ3v) is 3.73. The second-order valence-corrected chi connectivity index (χ2v) is 5.80. The first-order valence-electron chi connectivity index (χ1n) is 8.03. The molecule has 3 aromatic rings. The van der Waals surface area contributed by atoms with Gasteiger partial charge in [-0.2, -0.15) is 0 Å². The van der Waals surface area contributed by atoms with E-state index in [2.05, 4.69) is 15.6 Å². The van der Waals surface area contributed by atoms with Gasteiger partial charge in [0.1, 0.15) is 5.52 Å². The molecule has 2 amide bonds. The molecule has 25 heavy (non-hydrogen) atoms. The van der Waals surface area contributed by atoms with Crippen LogP contribution in [0.1, 0.15) is 28.7 Å². The zero-order valence-electron chi connectivity index (χ0n) is 14.1. The zero-order valence-corrected chi connectivity index (χ0v) is 14.1. The number of hydrogen-bond acceptors (Lipinski definition) is 4. The molecule has 0 saturated carbocycles. The molecule has 0 saturated heterocycles. The summed E-state index contributed by atoms with van der Waals surface area (Å²) in [5, 5.41) is 5.56. The molecule has 6 heteroatoms. The van der Waals surface area contributed by atoms with E-state index in [9.17, 15) is 9.59 Å². The van der Waals surface area contributed by atoms with E-state index >= 15 is 0 Å². The Bertz CT molecular complexity index is 913. The third kappa shape index (κ3) is 4.23. The number of aromatic nitrogens is 1. The van der Waals surface area contributed by atoms with Gasteiger partial charge >= 0.3 is 0 Å². The first-order chi connectivity index (χ1) is 12.0. The number of rotatable bonds is 5. The van der Waals surface area contributed by atoms with Crippen LogP contribution >= 0.6 is 0 Å². The van der Waals surface area contributed by atoms with Crippen molar-refractivity contribution in [3.8, 4) is 0 Å². The summed E-state index contributed by atoms with van der Waals surface area (Å²) < 4.78 is 5.52. The van der Waals surface area contributed by atoms with Crippen LogP contribution in [0.5, 0.6) is 0 Å². The molecular weight excluding hydrogens is 318 g/mol. The normalized spacial score (nSPS) is 10.6. The van der Waals surface area contributed by atoms with Crippen LogP contribution in [0.2, 0.25) is 0 Å². The standard InChI is InChI=1S/C19H19N3O3/c1-12(23)21-16-6-4-15(5-7-16)19(24)20-10-9-14-3-8-17-18(11-14)25-13(2)22-17/h3-8,11H,9-10H2,1-2H3,(H,20,24)(H,21,23). The van der Waals surface area contributed by atoms with Gasteiger partial charge in [-0.25, -0.2) is 4.98 Å². The Labute approximate surface area is 145 Å². The summed E-state index contributed by atoms with van der Waals surface area (Å²) in [4.78, 5) is 27.4. The van der Waals surface area contributed by atoms with Gasteiger partial charge in [-0.3, -0.25) is 9.59 Å². The minimum absolute atomic E-state index is 0.142. The molecular formula is C19H19N3O3. The van der Waals surface area contributed by atoms with Crippen molar-refractivity contribution in [2.24, 2.45) is 0 Å². The number of anilines is 1. The molecule has 1 aromatic heterocycles. The summed E-state index contributed by atoms with van der Waals surface area (Å²) in [5.41, 5.74) is 3.89. The van der Waals surface area contributed by atoms with Gasteiger partial charge in [0.15, 0.2) is 11.5 Å². The highest BCUT2D eigenvalue weighted by Crippen LogP contribution is 2.17. The van der Waals surface area contributed by atoms with Crippen LogP contribution in [-0.2, 0) is 11.2 Å². The second kappa shape index (κ2) is 7.17. The van der Waals surface area contributed by atoms with E-state index in [0.717, 1.165) is 16.7 Å². The Hall–Kier alpha value is -3.15. The summed E-state index contributed by atoms with van der Waals surface area (Å²) in [5.74, 6) is 0.352. The van der Waals surface area contributed by atoms with Gasteiger partial charge in [0, 0.05) is 31.6 Å². The van der Waals surface area contributed by atoms with Gasteiger partial charge in [-0.15, -0.1) is 0 Å². The number of carbonyl (C=O) groups excluding carboxylic acids is 2. The predicted octanol–water partition coefficient (Wildman–Crippen LogP) is 3.07. The maximum atomic E-state index is 12.2. The summed E-state index contributed by atoms with van der Waals surface area (Å²) in [7, 11) is 0. The number of fused-ring (bicyclic) bond motifs is 1. The molecule has 0 atom stereocenters.